The van der Waals surface area contributed by atoms with E-state index in [1.165, 1.54) is 7.11 Å². The second-order valence-electron chi connectivity index (χ2n) is 4.31. The number of rotatable bonds is 6. The highest BCUT2D eigenvalue weighted by molar-refractivity contribution is 5.96. The van der Waals surface area contributed by atoms with Crippen molar-refractivity contribution in [3.63, 3.8) is 0 Å². The molecule has 0 saturated carbocycles. The number of aryl methyl sites for hydroxylation is 1. The predicted molar refractivity (Wildman–Crippen MR) is 78.7 cm³/mol. The predicted octanol–water partition coefficient (Wildman–Crippen LogP) is 1.31. The zero-order valence-electron chi connectivity index (χ0n) is 12.4. The number of amides is 1. The van der Waals surface area contributed by atoms with Crippen molar-refractivity contribution in [1.82, 2.24) is 5.32 Å². The highest BCUT2D eigenvalue weighted by Gasteiger charge is 2.20. The molecule has 1 atom stereocenters. The summed E-state index contributed by atoms with van der Waals surface area (Å²) in [6, 6.07) is 6.83. The molecule has 1 aromatic carbocycles. The van der Waals surface area contributed by atoms with E-state index in [2.05, 4.69) is 17.2 Å². The average Bonchev–Trinajstić information content (AvgIpc) is 2.51. The number of methoxy groups -OCH3 is 2. The summed E-state index contributed by atoms with van der Waals surface area (Å²) in [4.78, 5) is 23.1. The molecule has 1 rings (SSSR count). The highest BCUT2D eigenvalue weighted by Crippen LogP contribution is 2.13. The minimum atomic E-state index is -0.703. The third-order valence-corrected chi connectivity index (χ3v) is 2.91. The number of hydrogen-bond donors (Lipinski definition) is 1. The van der Waals surface area contributed by atoms with E-state index in [0.717, 1.165) is 11.3 Å². The van der Waals surface area contributed by atoms with E-state index in [9.17, 15) is 9.59 Å². The first-order chi connectivity index (χ1) is 10.1. The number of esters is 1. The van der Waals surface area contributed by atoms with E-state index in [1.54, 1.807) is 14.0 Å². The molecule has 5 heteroatoms. The molecule has 112 valence electrons. The van der Waals surface area contributed by atoms with Gasteiger partial charge in [-0.3, -0.25) is 4.79 Å². The van der Waals surface area contributed by atoms with Gasteiger partial charge in [0.25, 0.3) is 5.91 Å². The van der Waals surface area contributed by atoms with Crippen molar-refractivity contribution in [3.05, 3.63) is 29.8 Å². The van der Waals surface area contributed by atoms with Crippen LogP contribution in [-0.4, -0.2) is 32.1 Å². The number of carbonyl (C=O) groups is 2. The lowest BCUT2D eigenvalue weighted by atomic mass is 10.0. The van der Waals surface area contributed by atoms with E-state index in [1.807, 2.05) is 24.3 Å². The van der Waals surface area contributed by atoms with Crippen molar-refractivity contribution in [2.45, 2.75) is 25.8 Å². The van der Waals surface area contributed by atoms with Crippen LogP contribution in [0.25, 0.3) is 0 Å². The van der Waals surface area contributed by atoms with Gasteiger partial charge in [-0.25, -0.2) is 4.79 Å². The van der Waals surface area contributed by atoms with E-state index in [0.29, 0.717) is 12.8 Å². The average molecular weight is 289 g/mol. The molecule has 0 radical (unpaired) electrons. The molecule has 1 N–H and O–H groups in total. The number of ether oxygens (including phenoxy) is 2. The van der Waals surface area contributed by atoms with Gasteiger partial charge in [-0.15, -0.1) is 0 Å². The molecule has 5 nitrogen and oxygen atoms in total. The quantitative estimate of drug-likeness (QED) is 0.633. The molecule has 0 fully saturated rings. The van der Waals surface area contributed by atoms with Crippen LogP contribution in [0.4, 0.5) is 0 Å². The van der Waals surface area contributed by atoms with Gasteiger partial charge in [-0.05, 0) is 43.4 Å². The third-order valence-electron chi connectivity index (χ3n) is 2.91. The van der Waals surface area contributed by atoms with Crippen LogP contribution in [0.5, 0.6) is 5.75 Å². The zero-order valence-corrected chi connectivity index (χ0v) is 12.4. The first kappa shape index (κ1) is 16.6. The first-order valence-corrected chi connectivity index (χ1v) is 6.54. The Bertz CT molecular complexity index is 540. The van der Waals surface area contributed by atoms with Crippen LogP contribution in [0, 0.1) is 11.8 Å². The van der Waals surface area contributed by atoms with Gasteiger partial charge < -0.3 is 14.8 Å². The summed E-state index contributed by atoms with van der Waals surface area (Å²) in [5.41, 5.74) is 1.04. The smallest absolute Gasteiger partial charge is 0.328 e. The molecule has 1 amide bonds. The van der Waals surface area contributed by atoms with Crippen LogP contribution in [0.3, 0.4) is 0 Å². The molecule has 0 saturated heterocycles. The van der Waals surface area contributed by atoms with Crippen molar-refractivity contribution in [1.29, 1.82) is 0 Å². The van der Waals surface area contributed by atoms with Gasteiger partial charge in [0.1, 0.15) is 11.8 Å². The summed E-state index contributed by atoms with van der Waals surface area (Å²) in [5.74, 6) is 4.64. The molecule has 0 aliphatic rings. The Balaban J connectivity index is 2.64. The van der Waals surface area contributed by atoms with Gasteiger partial charge in [-0.2, -0.15) is 0 Å². The van der Waals surface area contributed by atoms with Crippen LogP contribution < -0.4 is 10.1 Å². The van der Waals surface area contributed by atoms with Gasteiger partial charge in [0.15, 0.2) is 0 Å². The fourth-order valence-electron chi connectivity index (χ4n) is 1.80. The number of benzene rings is 1. The molecular weight excluding hydrogens is 270 g/mol. The maximum Gasteiger partial charge on any atom is 0.328 e. The van der Waals surface area contributed by atoms with Gasteiger partial charge in [0.05, 0.1) is 14.2 Å². The van der Waals surface area contributed by atoms with Crippen LogP contribution in [0.15, 0.2) is 24.3 Å². The van der Waals surface area contributed by atoms with Gasteiger partial charge in [-0.1, -0.05) is 18.1 Å². The fourth-order valence-corrected chi connectivity index (χ4v) is 1.80. The maximum atomic E-state index is 11.7. The molecule has 1 aromatic rings. The molecule has 0 aliphatic carbocycles. The fraction of sp³-hybridized carbons (Fsp3) is 0.375. The Morgan fingerprint density at radius 2 is 1.90 bits per heavy atom. The van der Waals surface area contributed by atoms with Crippen molar-refractivity contribution < 1.29 is 19.1 Å². The number of nitrogens with one attached hydrogen (secondary N) is 1. The van der Waals surface area contributed by atoms with E-state index >= 15 is 0 Å². The van der Waals surface area contributed by atoms with Crippen molar-refractivity contribution in [2.75, 3.05) is 14.2 Å². The van der Waals surface area contributed by atoms with Crippen LogP contribution >= 0.6 is 0 Å². The summed E-state index contributed by atoms with van der Waals surface area (Å²) in [7, 11) is 2.90. The number of carbonyl (C=O) groups excluding carboxylic acids is 2. The van der Waals surface area contributed by atoms with E-state index < -0.39 is 17.9 Å². The summed E-state index contributed by atoms with van der Waals surface area (Å²) in [6.45, 7) is 1.56. The monoisotopic (exact) mass is 289 g/mol. The molecular formula is C16H19NO4. The third kappa shape index (κ3) is 5.57. The maximum absolute atomic E-state index is 11.7. The van der Waals surface area contributed by atoms with Crippen LogP contribution in [0.2, 0.25) is 0 Å². The van der Waals surface area contributed by atoms with Crippen molar-refractivity contribution in [3.8, 4) is 17.6 Å². The zero-order chi connectivity index (χ0) is 15.7. The van der Waals surface area contributed by atoms with E-state index in [-0.39, 0.29) is 0 Å². The Morgan fingerprint density at radius 1 is 1.24 bits per heavy atom. The first-order valence-electron chi connectivity index (χ1n) is 6.54. The van der Waals surface area contributed by atoms with Crippen LogP contribution in [-0.2, 0) is 20.7 Å². The van der Waals surface area contributed by atoms with Crippen molar-refractivity contribution in [2.24, 2.45) is 0 Å². The molecule has 21 heavy (non-hydrogen) atoms. The Kier molecular flexibility index (Phi) is 6.82. The Hall–Kier alpha value is -2.48. The minimum absolute atomic E-state index is 0.441. The summed E-state index contributed by atoms with van der Waals surface area (Å²) in [6.07, 6.45) is 1.07. The second-order valence-corrected chi connectivity index (χ2v) is 4.31. The number of hydrogen-bond acceptors (Lipinski definition) is 4. The molecule has 0 heterocycles. The summed E-state index contributed by atoms with van der Waals surface area (Å²) in [5, 5.41) is 2.55. The van der Waals surface area contributed by atoms with Crippen LogP contribution in [0.1, 0.15) is 18.9 Å². The molecule has 0 aliphatic heterocycles. The largest absolute Gasteiger partial charge is 0.497 e. The minimum Gasteiger partial charge on any atom is -0.497 e. The van der Waals surface area contributed by atoms with Gasteiger partial charge in [0, 0.05) is 0 Å². The lowest BCUT2D eigenvalue weighted by Gasteiger charge is -2.15. The molecule has 0 spiro atoms. The lowest BCUT2D eigenvalue weighted by molar-refractivity contribution is -0.144. The topological polar surface area (TPSA) is 64.6 Å². The van der Waals surface area contributed by atoms with E-state index in [4.69, 9.17) is 9.47 Å². The lowest BCUT2D eigenvalue weighted by Crippen LogP contribution is -2.41. The van der Waals surface area contributed by atoms with Gasteiger partial charge >= 0.3 is 5.97 Å². The normalized spacial score (nSPS) is 10.8. The molecule has 1 unspecified atom stereocenters. The summed E-state index contributed by atoms with van der Waals surface area (Å²) >= 11 is 0. The van der Waals surface area contributed by atoms with Crippen molar-refractivity contribution >= 4 is 11.9 Å². The standard InChI is InChI=1S/C16H19NO4/c1-4-5-15(18)17-14(16(19)21-3)11-8-12-6-9-13(20-2)10-7-12/h6-7,9-10,14H,8,11H2,1-3H3,(H,17,18). The second kappa shape index (κ2) is 8.64. The Labute approximate surface area is 124 Å². The molecule has 0 aromatic heterocycles. The SMILES string of the molecule is CC#CC(=O)NC(CCc1ccc(OC)cc1)C(=O)OC. The highest BCUT2D eigenvalue weighted by atomic mass is 16.5. The Morgan fingerprint density at radius 3 is 2.43 bits per heavy atom. The summed E-state index contributed by atoms with van der Waals surface area (Å²) < 4.78 is 9.78. The molecule has 0 bridgehead atoms. The van der Waals surface area contributed by atoms with Gasteiger partial charge in [0.2, 0.25) is 0 Å².